The Bertz CT molecular complexity index is 299. The zero-order chi connectivity index (χ0) is 9.90. The number of hydrogen-bond donors (Lipinski definition) is 0. The first kappa shape index (κ1) is 14.2. The van der Waals surface area contributed by atoms with E-state index >= 15 is 0 Å². The van der Waals surface area contributed by atoms with Crippen molar-refractivity contribution in [3.05, 3.63) is 48.0 Å². The first-order valence-corrected chi connectivity index (χ1v) is 5.75. The summed E-state index contributed by atoms with van der Waals surface area (Å²) in [7, 11) is 0. The third kappa shape index (κ3) is 3.78. The molecule has 0 heterocycles. The Kier molecular flexibility index (Phi) is 6.08. The molecular formula is C12H16ClNa. The minimum atomic E-state index is 0. The zero-order valence-corrected chi connectivity index (χ0v) is 12.0. The first-order chi connectivity index (χ1) is 6.05. The Hall–Kier alpha value is 0.250. The van der Waals surface area contributed by atoms with Gasteiger partial charge in [-0.15, -0.1) is 12.4 Å². The molecule has 0 atom stereocenters. The van der Waals surface area contributed by atoms with E-state index in [0.29, 0.717) is 2.66 Å². The molecule has 0 aliphatic rings. The van der Waals surface area contributed by atoms with E-state index in [9.17, 15) is 0 Å². The minimum absolute atomic E-state index is 0. The number of hydrogen-bond acceptors (Lipinski definition) is 0. The minimum Gasteiger partial charge on any atom is -0.147 e. The van der Waals surface area contributed by atoms with Gasteiger partial charge in [0.15, 0.2) is 0 Å². The zero-order valence-electron chi connectivity index (χ0n) is 9.21. The van der Waals surface area contributed by atoms with Gasteiger partial charge in [-0.25, -0.2) is 0 Å². The van der Waals surface area contributed by atoms with Crippen LogP contribution in [0.4, 0.5) is 0 Å². The van der Waals surface area contributed by atoms with Gasteiger partial charge in [-0.05, 0) is 0 Å². The van der Waals surface area contributed by atoms with Gasteiger partial charge >= 0.3 is 98.9 Å². The molecule has 0 aromatic heterocycles. The van der Waals surface area contributed by atoms with Crippen LogP contribution in [0, 0.1) is 0 Å². The topological polar surface area (TPSA) is 0 Å². The van der Waals surface area contributed by atoms with E-state index in [1.807, 2.05) is 6.08 Å². The Balaban J connectivity index is 0.00000169. The van der Waals surface area contributed by atoms with E-state index in [1.165, 1.54) is 39.1 Å². The fraction of sp³-hybridized carbons (Fsp3) is 0.333. The average Bonchev–Trinajstić information content (AvgIpc) is 2.04. The van der Waals surface area contributed by atoms with Crippen molar-refractivity contribution in [3.63, 3.8) is 0 Å². The van der Waals surface area contributed by atoms with Crippen molar-refractivity contribution in [2.75, 3.05) is 0 Å². The number of rotatable bonds is 3. The molecule has 0 unspecified atom stereocenters. The monoisotopic (exact) mass is 218 g/mol. The van der Waals surface area contributed by atoms with Gasteiger partial charge in [0.05, 0.1) is 0 Å². The van der Waals surface area contributed by atoms with Crippen LogP contribution < -0.4 is 0 Å². The third-order valence-corrected chi connectivity index (χ3v) is 2.73. The van der Waals surface area contributed by atoms with Gasteiger partial charge in [0, 0.05) is 0 Å². The molecule has 0 fully saturated rings. The van der Waals surface area contributed by atoms with Crippen LogP contribution in [0.15, 0.2) is 36.9 Å². The molecular weight excluding hydrogens is 203 g/mol. The molecule has 1 aromatic carbocycles. The molecule has 2 heteroatoms. The van der Waals surface area contributed by atoms with Crippen LogP contribution in [-0.4, -0.2) is 27.9 Å². The third-order valence-electron chi connectivity index (χ3n) is 2.19. The second-order valence-electron chi connectivity index (χ2n) is 4.40. The molecule has 0 nitrogen and oxygen atoms in total. The molecule has 0 aliphatic heterocycles. The Labute approximate surface area is 111 Å². The molecule has 0 bridgehead atoms. The molecule has 0 saturated heterocycles. The summed E-state index contributed by atoms with van der Waals surface area (Å²) >= 11 is 1.19. The van der Waals surface area contributed by atoms with Crippen molar-refractivity contribution in [1.82, 2.24) is 0 Å². The van der Waals surface area contributed by atoms with Gasteiger partial charge in [-0.2, -0.15) is 0 Å². The van der Waals surface area contributed by atoms with E-state index in [1.54, 1.807) is 0 Å². The summed E-state index contributed by atoms with van der Waals surface area (Å²) in [6.07, 6.45) is 2.97. The predicted octanol–water partition coefficient (Wildman–Crippen LogP) is 3.24. The molecule has 0 saturated carbocycles. The molecule has 1 rings (SSSR count). The van der Waals surface area contributed by atoms with E-state index in [2.05, 4.69) is 44.7 Å². The van der Waals surface area contributed by atoms with Crippen molar-refractivity contribution >= 4 is 40.3 Å². The van der Waals surface area contributed by atoms with E-state index in [-0.39, 0.29) is 12.4 Å². The van der Waals surface area contributed by atoms with Gasteiger partial charge in [-0.3, -0.25) is 0 Å². The van der Waals surface area contributed by atoms with E-state index in [0.717, 1.165) is 6.42 Å². The van der Waals surface area contributed by atoms with Crippen LogP contribution in [0.3, 0.4) is 0 Å². The summed E-state index contributed by atoms with van der Waals surface area (Å²) in [5.41, 5.74) is 2.92. The molecule has 0 N–H and O–H groups in total. The average molecular weight is 219 g/mol. The smallest absolute Gasteiger partial charge is 0.147 e. The van der Waals surface area contributed by atoms with Crippen molar-refractivity contribution in [2.24, 2.45) is 0 Å². The van der Waals surface area contributed by atoms with Crippen molar-refractivity contribution in [1.29, 1.82) is 0 Å². The summed E-state index contributed by atoms with van der Waals surface area (Å²) in [4.78, 5) is 0. The molecule has 14 heavy (non-hydrogen) atoms. The Morgan fingerprint density at radius 1 is 1.36 bits per heavy atom. The van der Waals surface area contributed by atoms with Gasteiger partial charge < -0.3 is 0 Å². The first-order valence-electron chi connectivity index (χ1n) is 4.75. The van der Waals surface area contributed by atoms with Crippen LogP contribution in [0.5, 0.6) is 0 Å². The quantitative estimate of drug-likeness (QED) is 0.540. The summed E-state index contributed by atoms with van der Waals surface area (Å²) in [5.74, 6) is 0. The molecule has 1 aromatic rings. The van der Waals surface area contributed by atoms with Crippen LogP contribution in [-0.2, 0) is 9.09 Å². The maximum Gasteiger partial charge on any atom is -0.147 e. The van der Waals surface area contributed by atoms with E-state index < -0.39 is 0 Å². The van der Waals surface area contributed by atoms with Crippen LogP contribution in [0.2, 0.25) is 0 Å². The number of benzene rings is 1. The predicted molar refractivity (Wildman–Crippen MR) is 66.4 cm³/mol. The number of halogens is 1. The maximum atomic E-state index is 3.79. The SMILES string of the molecule is C=CCc1ccccc1[C](C)(C)[Na].Cl. The van der Waals surface area contributed by atoms with Gasteiger partial charge in [0.25, 0.3) is 0 Å². The van der Waals surface area contributed by atoms with Crippen LogP contribution in [0.25, 0.3) is 0 Å². The second kappa shape index (κ2) is 5.97. The normalized spacial score (nSPS) is 10.6. The molecule has 0 radical (unpaired) electrons. The summed E-state index contributed by atoms with van der Waals surface area (Å²) in [6, 6.07) is 8.68. The molecule has 0 amide bonds. The van der Waals surface area contributed by atoms with Gasteiger partial charge in [-0.1, -0.05) is 0 Å². The fourth-order valence-corrected chi connectivity index (χ4v) is 2.07. The molecule has 0 aliphatic carbocycles. The van der Waals surface area contributed by atoms with Crippen LogP contribution >= 0.6 is 12.4 Å². The Morgan fingerprint density at radius 2 is 1.93 bits per heavy atom. The van der Waals surface area contributed by atoms with Gasteiger partial charge in [0.2, 0.25) is 0 Å². The van der Waals surface area contributed by atoms with Crippen LogP contribution in [0.1, 0.15) is 25.0 Å². The fourth-order valence-electron chi connectivity index (χ4n) is 1.59. The van der Waals surface area contributed by atoms with Gasteiger partial charge in [0.1, 0.15) is 0 Å². The molecule has 0 spiro atoms. The summed E-state index contributed by atoms with van der Waals surface area (Å²) < 4.78 is 0.375. The summed E-state index contributed by atoms with van der Waals surface area (Å²) in [5, 5.41) is 0. The van der Waals surface area contributed by atoms with E-state index in [4.69, 9.17) is 0 Å². The molecule has 72 valence electrons. The Morgan fingerprint density at radius 3 is 2.43 bits per heavy atom. The largest absolute Gasteiger partial charge is 0.147 e. The summed E-state index contributed by atoms with van der Waals surface area (Å²) in [6.45, 7) is 8.40. The van der Waals surface area contributed by atoms with Crippen molar-refractivity contribution < 1.29 is 0 Å². The van der Waals surface area contributed by atoms with Crippen molar-refractivity contribution in [2.45, 2.75) is 22.9 Å². The van der Waals surface area contributed by atoms with Crippen molar-refractivity contribution in [3.8, 4) is 0 Å². The standard InChI is InChI=1S/C12H15.ClH.Na/c1-4-7-11-8-5-6-9-12(11)10(2)3;;/h4-6,8-9H,1,7H2,2-3H3;1H;. The second-order valence-corrected chi connectivity index (χ2v) is 6.90. The number of allylic oxidation sites excluding steroid dienone is 1. The maximum absolute atomic E-state index is 3.79.